The van der Waals surface area contributed by atoms with Gasteiger partial charge in [0.2, 0.25) is 0 Å². The molecule has 0 bridgehead atoms. The van der Waals surface area contributed by atoms with Gasteiger partial charge < -0.3 is 34.4 Å². The molecule has 0 saturated carbocycles. The van der Waals surface area contributed by atoms with Crippen molar-refractivity contribution in [3.8, 4) is 0 Å². The highest BCUT2D eigenvalue weighted by Gasteiger charge is 2.28. The van der Waals surface area contributed by atoms with Crippen LogP contribution in [0.15, 0.2) is 48.6 Å². The first-order chi connectivity index (χ1) is 29.6. The van der Waals surface area contributed by atoms with E-state index in [0.29, 0.717) is 25.7 Å². The number of rotatable bonds is 43. The Morgan fingerprint density at radius 2 is 1.00 bits per heavy atom. The maximum Gasteiger partial charge on any atom is 0.472 e. The van der Waals surface area contributed by atoms with Crippen LogP contribution >= 0.6 is 15.6 Å². The summed E-state index contributed by atoms with van der Waals surface area (Å²) in [5.74, 6) is -0.307. The molecular weight excluding hydrogens is 838 g/mol. The molecule has 0 saturated heterocycles. The van der Waals surface area contributed by atoms with E-state index in [1.807, 2.05) is 18.2 Å². The van der Waals surface area contributed by atoms with Crippen LogP contribution in [0.1, 0.15) is 181 Å². The molecular formula is C46H84O14P2. The maximum atomic E-state index is 12.7. The molecule has 2 unspecified atom stereocenters. The highest BCUT2D eigenvalue weighted by Crippen LogP contribution is 2.43. The molecule has 0 aromatic heterocycles. The molecule has 0 heterocycles. The largest absolute Gasteiger partial charge is 0.472 e. The van der Waals surface area contributed by atoms with E-state index in [0.717, 1.165) is 57.3 Å². The second kappa shape index (κ2) is 40.5. The number of hydrogen-bond donors (Lipinski definition) is 5. The van der Waals surface area contributed by atoms with Gasteiger partial charge in [0.25, 0.3) is 0 Å². The van der Waals surface area contributed by atoms with E-state index in [1.165, 1.54) is 70.6 Å². The number of carbonyl (C=O) groups excluding carboxylic acids is 2. The van der Waals surface area contributed by atoms with Gasteiger partial charge in [-0.1, -0.05) is 166 Å². The zero-order valence-electron chi connectivity index (χ0n) is 38.2. The predicted octanol–water partition coefficient (Wildman–Crippen LogP) is 11.1. The van der Waals surface area contributed by atoms with Gasteiger partial charge in [0.1, 0.15) is 12.7 Å². The maximum absolute atomic E-state index is 12.7. The van der Waals surface area contributed by atoms with E-state index in [9.17, 15) is 33.8 Å². The SMILES string of the molecule is CCCC(O)C/C=C\C/C=C\C/C=C\C/C=C\CCCC(=O)O[C@H](COC(=O)CCCCCCCCCCCCCCCCC(C)C)COP(=O)(O)OC[C@@H](O)COP(=O)(O)O. The van der Waals surface area contributed by atoms with Crippen molar-refractivity contribution in [2.45, 2.75) is 200 Å². The normalized spacial score (nSPS) is 15.0. The number of esters is 2. The van der Waals surface area contributed by atoms with Crippen molar-refractivity contribution in [2.24, 2.45) is 5.92 Å². The van der Waals surface area contributed by atoms with Crippen LogP contribution in [-0.2, 0) is 41.8 Å². The molecule has 0 aromatic carbocycles. The summed E-state index contributed by atoms with van der Waals surface area (Å²) in [6, 6.07) is 0. The molecule has 0 spiro atoms. The molecule has 0 rings (SSSR count). The number of hydrogen-bond acceptors (Lipinski definition) is 11. The highest BCUT2D eigenvalue weighted by molar-refractivity contribution is 7.47. The fraction of sp³-hybridized carbons (Fsp3) is 0.783. The number of aliphatic hydroxyl groups excluding tert-OH is 2. The molecule has 16 heteroatoms. The quantitative estimate of drug-likeness (QED) is 0.0166. The summed E-state index contributed by atoms with van der Waals surface area (Å²) in [4.78, 5) is 52.8. The molecule has 0 aliphatic heterocycles. The van der Waals surface area contributed by atoms with E-state index in [-0.39, 0.29) is 18.9 Å². The molecule has 0 amide bonds. The van der Waals surface area contributed by atoms with Gasteiger partial charge in [0.15, 0.2) is 6.10 Å². The summed E-state index contributed by atoms with van der Waals surface area (Å²) >= 11 is 0. The second-order valence-electron chi connectivity index (χ2n) is 16.3. The molecule has 0 aliphatic carbocycles. The summed E-state index contributed by atoms with van der Waals surface area (Å²) in [7, 11) is -9.71. The van der Waals surface area contributed by atoms with Gasteiger partial charge >= 0.3 is 27.6 Å². The van der Waals surface area contributed by atoms with Gasteiger partial charge in [-0.25, -0.2) is 9.13 Å². The fourth-order valence-electron chi connectivity index (χ4n) is 6.19. The molecule has 62 heavy (non-hydrogen) atoms. The van der Waals surface area contributed by atoms with Crippen LogP contribution in [0.2, 0.25) is 0 Å². The summed E-state index contributed by atoms with van der Waals surface area (Å²) < 4.78 is 47.8. The average molecular weight is 923 g/mol. The van der Waals surface area contributed by atoms with Crippen molar-refractivity contribution in [3.63, 3.8) is 0 Å². The number of phosphoric ester groups is 2. The first-order valence-corrected chi connectivity index (χ1v) is 26.3. The third kappa shape index (κ3) is 44.6. The van der Waals surface area contributed by atoms with Crippen LogP contribution in [0, 0.1) is 5.92 Å². The van der Waals surface area contributed by atoms with Crippen molar-refractivity contribution in [1.82, 2.24) is 0 Å². The van der Waals surface area contributed by atoms with Gasteiger partial charge in [0.05, 0.1) is 25.9 Å². The zero-order valence-corrected chi connectivity index (χ0v) is 40.0. The van der Waals surface area contributed by atoms with Crippen LogP contribution in [0.4, 0.5) is 0 Å². The van der Waals surface area contributed by atoms with E-state index in [1.54, 1.807) is 0 Å². The molecule has 0 aliphatic rings. The summed E-state index contributed by atoms with van der Waals surface area (Å²) in [5.41, 5.74) is 0. The van der Waals surface area contributed by atoms with Crippen molar-refractivity contribution in [2.75, 3.05) is 26.4 Å². The number of aliphatic hydroxyl groups is 2. The van der Waals surface area contributed by atoms with Gasteiger partial charge in [-0.3, -0.25) is 23.2 Å². The first-order valence-electron chi connectivity index (χ1n) is 23.3. The standard InChI is InChI=1S/C46H84O14P2/c1-4-32-42(47)34-29-25-21-17-13-9-7-11-15-19-23-27-31-36-46(50)60-44(40-59-62(54,55)58-38-43(48)37-57-61(51,52)53)39-56-45(49)35-30-26-22-18-14-10-6-5-8-12-16-20-24-28-33-41(2)3/h7,11,13,17,19,23,25,29,41-44,47-48H,4-6,8-10,12,14-16,18,20-22,24,26-28,30-40H2,1-3H3,(H,54,55)(H2,51,52,53)/b11-7-,17-13-,23-19-,29-25-/t42?,43-,44+/m0/s1. The number of phosphoric acid groups is 2. The van der Waals surface area contributed by atoms with Crippen molar-refractivity contribution in [3.05, 3.63) is 48.6 Å². The van der Waals surface area contributed by atoms with E-state index in [2.05, 4.69) is 60.2 Å². The lowest BCUT2D eigenvalue weighted by Gasteiger charge is -2.20. The molecule has 4 atom stereocenters. The third-order valence-electron chi connectivity index (χ3n) is 9.69. The highest BCUT2D eigenvalue weighted by atomic mass is 31.2. The van der Waals surface area contributed by atoms with Crippen molar-refractivity contribution >= 4 is 27.6 Å². The third-order valence-corrected chi connectivity index (χ3v) is 11.1. The molecule has 14 nitrogen and oxygen atoms in total. The summed E-state index contributed by atoms with van der Waals surface area (Å²) in [5, 5.41) is 19.5. The summed E-state index contributed by atoms with van der Waals surface area (Å²) in [6.07, 6.45) is 37.5. The van der Waals surface area contributed by atoms with Crippen LogP contribution in [0.25, 0.3) is 0 Å². The zero-order chi connectivity index (χ0) is 46.2. The lowest BCUT2D eigenvalue weighted by Crippen LogP contribution is -2.29. The lowest BCUT2D eigenvalue weighted by atomic mass is 10.0. The first kappa shape index (κ1) is 60.0. The Balaban J connectivity index is 4.57. The van der Waals surface area contributed by atoms with Gasteiger partial charge in [-0.2, -0.15) is 0 Å². The van der Waals surface area contributed by atoms with Gasteiger partial charge in [-0.15, -0.1) is 0 Å². The second-order valence-corrected chi connectivity index (χ2v) is 19.0. The van der Waals surface area contributed by atoms with Crippen LogP contribution in [-0.4, -0.2) is 81.6 Å². The predicted molar refractivity (Wildman–Crippen MR) is 245 cm³/mol. The Morgan fingerprint density at radius 3 is 1.53 bits per heavy atom. The fourth-order valence-corrected chi connectivity index (χ4v) is 7.34. The van der Waals surface area contributed by atoms with Crippen LogP contribution in [0.3, 0.4) is 0 Å². The van der Waals surface area contributed by atoms with E-state index in [4.69, 9.17) is 23.8 Å². The number of unbranched alkanes of at least 4 members (excludes halogenated alkanes) is 14. The summed E-state index contributed by atoms with van der Waals surface area (Å²) in [6.45, 7) is 3.83. The minimum atomic E-state index is -4.88. The monoisotopic (exact) mass is 923 g/mol. The minimum Gasteiger partial charge on any atom is -0.462 e. The van der Waals surface area contributed by atoms with Crippen molar-refractivity contribution < 1.29 is 66.7 Å². The Hall–Kier alpha value is -1.96. The Morgan fingerprint density at radius 1 is 0.532 bits per heavy atom. The molecule has 362 valence electrons. The average Bonchev–Trinajstić information content (AvgIpc) is 3.21. The number of ether oxygens (including phenoxy) is 2. The molecule has 0 radical (unpaired) electrons. The van der Waals surface area contributed by atoms with E-state index < -0.39 is 66.2 Å². The minimum absolute atomic E-state index is 0.0408. The topological polar surface area (TPSA) is 216 Å². The number of allylic oxidation sites excluding steroid dienone is 7. The van der Waals surface area contributed by atoms with Crippen LogP contribution < -0.4 is 0 Å². The van der Waals surface area contributed by atoms with Crippen molar-refractivity contribution in [1.29, 1.82) is 0 Å². The number of carbonyl (C=O) groups is 2. The Labute approximate surface area is 373 Å². The molecule has 0 fully saturated rings. The lowest BCUT2D eigenvalue weighted by molar-refractivity contribution is -0.161. The molecule has 5 N–H and O–H groups in total. The molecule has 0 aromatic rings. The smallest absolute Gasteiger partial charge is 0.462 e. The van der Waals surface area contributed by atoms with Gasteiger partial charge in [-0.05, 0) is 57.3 Å². The van der Waals surface area contributed by atoms with Gasteiger partial charge in [0, 0.05) is 12.8 Å². The van der Waals surface area contributed by atoms with Crippen LogP contribution in [0.5, 0.6) is 0 Å². The van der Waals surface area contributed by atoms with E-state index >= 15 is 0 Å². The Bertz CT molecular complexity index is 1310. The Kier molecular flexibility index (Phi) is 39.3.